The van der Waals surface area contributed by atoms with Crippen molar-refractivity contribution in [2.24, 2.45) is 5.73 Å². The van der Waals surface area contributed by atoms with Crippen LogP contribution in [0.4, 0.5) is 16.0 Å². The van der Waals surface area contributed by atoms with Gasteiger partial charge in [-0.1, -0.05) is 6.07 Å². The van der Waals surface area contributed by atoms with E-state index in [1.165, 1.54) is 6.07 Å². The maximum atomic E-state index is 13.3. The smallest absolute Gasteiger partial charge is 0.229 e. The average molecular weight is 258 g/mol. The van der Waals surface area contributed by atoms with Gasteiger partial charge >= 0.3 is 0 Å². The van der Waals surface area contributed by atoms with Crippen LogP contribution in [-0.2, 0) is 12.8 Å². The molecule has 2 N–H and O–H groups in total. The lowest BCUT2D eigenvalue weighted by Gasteiger charge is -2.17. The second kappa shape index (κ2) is 4.93. The largest absolute Gasteiger partial charge is 0.330 e. The molecule has 4 nitrogen and oxygen atoms in total. The Morgan fingerprint density at radius 1 is 1.26 bits per heavy atom. The van der Waals surface area contributed by atoms with Crippen molar-refractivity contribution in [1.82, 2.24) is 9.97 Å². The van der Waals surface area contributed by atoms with E-state index < -0.39 is 0 Å². The third-order valence-electron chi connectivity index (χ3n) is 3.31. The van der Waals surface area contributed by atoms with Gasteiger partial charge in [0.15, 0.2) is 0 Å². The Balaban J connectivity index is 1.90. The van der Waals surface area contributed by atoms with Crippen LogP contribution in [0.15, 0.2) is 30.6 Å². The first-order valence-electron chi connectivity index (χ1n) is 6.35. The molecular weight excluding hydrogens is 243 g/mol. The molecule has 19 heavy (non-hydrogen) atoms. The molecule has 2 heterocycles. The minimum Gasteiger partial charge on any atom is -0.330 e. The number of halogens is 1. The molecule has 0 saturated carbocycles. The summed E-state index contributed by atoms with van der Waals surface area (Å²) in [6.45, 7) is 1.37. The Morgan fingerprint density at radius 2 is 2.05 bits per heavy atom. The van der Waals surface area contributed by atoms with Crippen molar-refractivity contribution >= 4 is 11.6 Å². The molecule has 5 heteroatoms. The van der Waals surface area contributed by atoms with Crippen molar-refractivity contribution in [1.29, 1.82) is 0 Å². The summed E-state index contributed by atoms with van der Waals surface area (Å²) >= 11 is 0. The summed E-state index contributed by atoms with van der Waals surface area (Å²) in [5.74, 6) is 0.385. The first-order valence-corrected chi connectivity index (χ1v) is 6.35. The van der Waals surface area contributed by atoms with Crippen LogP contribution in [0.1, 0.15) is 11.1 Å². The Hall–Kier alpha value is -2.01. The van der Waals surface area contributed by atoms with E-state index in [4.69, 9.17) is 5.73 Å². The predicted octanol–water partition coefficient (Wildman–Crippen LogP) is 1.81. The Kier molecular flexibility index (Phi) is 3.13. The molecule has 0 fully saturated rings. The molecule has 3 rings (SSSR count). The number of nitrogens with two attached hydrogens (primary N) is 1. The molecule has 1 aliphatic rings. The van der Waals surface area contributed by atoms with Gasteiger partial charge in [-0.15, -0.1) is 0 Å². The monoisotopic (exact) mass is 258 g/mol. The Labute approximate surface area is 111 Å². The summed E-state index contributed by atoms with van der Waals surface area (Å²) in [7, 11) is 0. The van der Waals surface area contributed by atoms with Crippen LogP contribution in [0, 0.1) is 5.82 Å². The number of aromatic nitrogens is 2. The molecule has 1 aromatic heterocycles. The van der Waals surface area contributed by atoms with Crippen LogP contribution in [-0.4, -0.2) is 23.1 Å². The van der Waals surface area contributed by atoms with Crippen LogP contribution in [0.3, 0.4) is 0 Å². The molecule has 98 valence electrons. The highest BCUT2D eigenvalue weighted by Crippen LogP contribution is 2.32. The van der Waals surface area contributed by atoms with E-state index in [2.05, 4.69) is 9.97 Å². The highest BCUT2D eigenvalue weighted by atomic mass is 19.1. The summed E-state index contributed by atoms with van der Waals surface area (Å²) in [5, 5.41) is 0. The zero-order valence-corrected chi connectivity index (χ0v) is 10.5. The summed E-state index contributed by atoms with van der Waals surface area (Å²) < 4.78 is 13.3. The summed E-state index contributed by atoms with van der Waals surface area (Å²) in [5.41, 5.74) is 8.51. The molecule has 0 saturated heterocycles. The Morgan fingerprint density at radius 3 is 2.79 bits per heavy atom. The zero-order chi connectivity index (χ0) is 13.2. The maximum absolute atomic E-state index is 13.3. The van der Waals surface area contributed by atoms with Crippen molar-refractivity contribution in [3.63, 3.8) is 0 Å². The van der Waals surface area contributed by atoms with Crippen molar-refractivity contribution in [3.05, 3.63) is 47.5 Å². The molecule has 0 atom stereocenters. The zero-order valence-electron chi connectivity index (χ0n) is 10.5. The van der Waals surface area contributed by atoms with Crippen LogP contribution in [0.25, 0.3) is 0 Å². The van der Waals surface area contributed by atoms with Crippen LogP contribution in [0.2, 0.25) is 0 Å². The molecule has 0 radical (unpaired) electrons. The van der Waals surface area contributed by atoms with Gasteiger partial charge in [0.05, 0.1) is 5.69 Å². The molecule has 0 aliphatic carbocycles. The molecule has 0 bridgehead atoms. The minimum atomic E-state index is -0.231. The fourth-order valence-corrected chi connectivity index (χ4v) is 2.34. The maximum Gasteiger partial charge on any atom is 0.229 e. The van der Waals surface area contributed by atoms with Crippen LogP contribution < -0.4 is 10.6 Å². The lowest BCUT2D eigenvalue weighted by molar-refractivity contribution is 0.628. The van der Waals surface area contributed by atoms with Crippen LogP contribution >= 0.6 is 0 Å². The lowest BCUT2D eigenvalue weighted by Crippen LogP contribution is -2.16. The summed E-state index contributed by atoms with van der Waals surface area (Å²) in [4.78, 5) is 10.6. The van der Waals surface area contributed by atoms with E-state index >= 15 is 0 Å². The fraction of sp³-hybridized carbons (Fsp3) is 0.286. The SMILES string of the molecule is NCCc1cnc(N2CCc3ccc(F)cc32)nc1. The van der Waals surface area contributed by atoms with Crippen molar-refractivity contribution in [2.75, 3.05) is 18.0 Å². The first-order chi connectivity index (χ1) is 9.28. The van der Waals surface area contributed by atoms with Gasteiger partial charge in [-0.05, 0) is 42.6 Å². The van der Waals surface area contributed by atoms with Gasteiger partial charge in [-0.3, -0.25) is 0 Å². The normalized spacial score (nSPS) is 13.7. The summed E-state index contributed by atoms with van der Waals surface area (Å²) in [6, 6.07) is 4.86. The second-order valence-electron chi connectivity index (χ2n) is 4.60. The van der Waals surface area contributed by atoms with E-state index in [1.54, 1.807) is 18.5 Å². The van der Waals surface area contributed by atoms with E-state index in [9.17, 15) is 4.39 Å². The van der Waals surface area contributed by atoms with Crippen molar-refractivity contribution < 1.29 is 4.39 Å². The van der Waals surface area contributed by atoms with E-state index in [0.29, 0.717) is 12.5 Å². The lowest BCUT2D eigenvalue weighted by atomic mass is 10.2. The van der Waals surface area contributed by atoms with Gasteiger partial charge in [-0.2, -0.15) is 0 Å². The minimum absolute atomic E-state index is 0.231. The highest BCUT2D eigenvalue weighted by Gasteiger charge is 2.22. The molecule has 1 aliphatic heterocycles. The van der Waals surface area contributed by atoms with Crippen molar-refractivity contribution in [3.8, 4) is 0 Å². The molecule has 2 aromatic rings. The number of rotatable bonds is 3. The first kappa shape index (κ1) is 12.0. The van der Waals surface area contributed by atoms with Gasteiger partial charge in [0.25, 0.3) is 0 Å². The van der Waals surface area contributed by atoms with E-state index in [-0.39, 0.29) is 5.82 Å². The number of fused-ring (bicyclic) bond motifs is 1. The number of benzene rings is 1. The quantitative estimate of drug-likeness (QED) is 0.912. The standard InChI is InChI=1S/C14H15FN4/c15-12-2-1-11-4-6-19(13(11)7-12)14-17-8-10(3-5-16)9-18-14/h1-2,7-9H,3-6,16H2. The van der Waals surface area contributed by atoms with Crippen molar-refractivity contribution in [2.45, 2.75) is 12.8 Å². The Bertz CT molecular complexity index is 582. The van der Waals surface area contributed by atoms with Gasteiger partial charge in [0, 0.05) is 18.9 Å². The van der Waals surface area contributed by atoms with Gasteiger partial charge in [0.2, 0.25) is 5.95 Å². The highest BCUT2D eigenvalue weighted by molar-refractivity contribution is 5.65. The molecule has 1 aromatic carbocycles. The fourth-order valence-electron chi connectivity index (χ4n) is 2.34. The van der Waals surface area contributed by atoms with Gasteiger partial charge in [0.1, 0.15) is 5.82 Å². The van der Waals surface area contributed by atoms with Gasteiger partial charge in [-0.25, -0.2) is 14.4 Å². The predicted molar refractivity (Wildman–Crippen MR) is 71.9 cm³/mol. The third kappa shape index (κ3) is 2.29. The summed E-state index contributed by atoms with van der Waals surface area (Å²) in [6.07, 6.45) is 5.23. The van der Waals surface area contributed by atoms with Gasteiger partial charge < -0.3 is 10.6 Å². The van der Waals surface area contributed by atoms with E-state index in [1.807, 2.05) is 11.0 Å². The molecular formula is C14H15FN4. The molecule has 0 spiro atoms. The number of hydrogen-bond donors (Lipinski definition) is 1. The molecule has 0 unspecified atom stereocenters. The molecule has 0 amide bonds. The third-order valence-corrected chi connectivity index (χ3v) is 3.31. The topological polar surface area (TPSA) is 55.0 Å². The second-order valence-corrected chi connectivity index (χ2v) is 4.60. The number of nitrogens with zero attached hydrogens (tertiary/aromatic N) is 3. The number of anilines is 2. The van der Waals surface area contributed by atoms with Crippen LogP contribution in [0.5, 0.6) is 0 Å². The number of hydrogen-bond acceptors (Lipinski definition) is 4. The van der Waals surface area contributed by atoms with E-state index in [0.717, 1.165) is 36.2 Å². The average Bonchev–Trinajstić information content (AvgIpc) is 2.83.